The predicted octanol–water partition coefficient (Wildman–Crippen LogP) is 4.32. The largest absolute Gasteiger partial charge is 0.480 e. The molecule has 2 unspecified atom stereocenters. The number of benzene rings is 1. The van der Waals surface area contributed by atoms with Gasteiger partial charge in [-0.15, -0.1) is 0 Å². The van der Waals surface area contributed by atoms with E-state index < -0.39 is 59.7 Å². The number of likely N-dealkylation sites (N-methyl/N-ethyl adjacent to an activating group) is 2. The van der Waals surface area contributed by atoms with E-state index in [1.54, 1.807) is 42.5 Å². The van der Waals surface area contributed by atoms with Gasteiger partial charge in [-0.1, -0.05) is 79.2 Å². The number of likely N-dealkylation sites (tertiary alicyclic amines) is 1. The van der Waals surface area contributed by atoms with Crippen molar-refractivity contribution in [2.24, 2.45) is 17.8 Å². The van der Waals surface area contributed by atoms with Crippen LogP contribution in [0.2, 0.25) is 0 Å². The zero-order valence-corrected chi connectivity index (χ0v) is 36.0. The van der Waals surface area contributed by atoms with Crippen LogP contribution in [0.3, 0.4) is 0 Å². The second-order valence-electron chi connectivity index (χ2n) is 16.7. The molecule has 1 aliphatic rings. The average molecular weight is 774 g/mol. The molecule has 312 valence electrons. The summed E-state index contributed by atoms with van der Waals surface area (Å²) in [6, 6.07) is 4.89. The zero-order chi connectivity index (χ0) is 41.9. The van der Waals surface area contributed by atoms with E-state index in [2.05, 4.69) is 24.5 Å². The molecule has 55 heavy (non-hydrogen) atoms. The van der Waals surface area contributed by atoms with Gasteiger partial charge in [-0.25, -0.2) is 4.79 Å². The van der Waals surface area contributed by atoms with Crippen molar-refractivity contribution < 1.29 is 38.6 Å². The number of ether oxygens (including phenoxy) is 2. The van der Waals surface area contributed by atoms with Crippen molar-refractivity contribution in [3.63, 3.8) is 0 Å². The highest BCUT2D eigenvalue weighted by Gasteiger charge is 2.43. The van der Waals surface area contributed by atoms with Crippen molar-refractivity contribution >= 4 is 29.6 Å². The number of nitrogens with one attached hydrogen (secondary N) is 2. The van der Waals surface area contributed by atoms with E-state index in [9.17, 15) is 29.1 Å². The van der Waals surface area contributed by atoms with E-state index in [0.717, 1.165) is 11.1 Å². The summed E-state index contributed by atoms with van der Waals surface area (Å²) >= 11 is 0. The lowest BCUT2D eigenvalue weighted by Crippen LogP contribution is -2.61. The lowest BCUT2D eigenvalue weighted by molar-refractivity contribution is -0.148. The summed E-state index contributed by atoms with van der Waals surface area (Å²) in [6.07, 6.45) is 0.793. The predicted molar refractivity (Wildman–Crippen MR) is 214 cm³/mol. The van der Waals surface area contributed by atoms with E-state index in [1.165, 1.54) is 14.2 Å². The molecular formula is C42H71N5O8. The first kappa shape index (κ1) is 47.6. The molecule has 1 aromatic rings. The highest BCUT2D eigenvalue weighted by molar-refractivity contribution is 5.92. The Morgan fingerprint density at radius 1 is 0.945 bits per heavy atom. The molecule has 0 saturated carbocycles. The van der Waals surface area contributed by atoms with Crippen molar-refractivity contribution in [1.29, 1.82) is 0 Å². The molecule has 13 heteroatoms. The van der Waals surface area contributed by atoms with Crippen molar-refractivity contribution in [3.8, 4) is 0 Å². The van der Waals surface area contributed by atoms with Crippen molar-refractivity contribution in [2.45, 2.75) is 142 Å². The molecule has 1 saturated heterocycles. The molecule has 2 rings (SSSR count). The summed E-state index contributed by atoms with van der Waals surface area (Å²) in [5, 5.41) is 15.7. The molecule has 13 nitrogen and oxygen atoms in total. The van der Waals surface area contributed by atoms with Gasteiger partial charge < -0.3 is 35.0 Å². The summed E-state index contributed by atoms with van der Waals surface area (Å²) in [6.45, 7) is 17.8. The summed E-state index contributed by atoms with van der Waals surface area (Å²) in [5.74, 6) is -2.98. The number of amides is 4. The van der Waals surface area contributed by atoms with Crippen LogP contribution in [0.15, 0.2) is 24.3 Å². The lowest BCUT2D eigenvalue weighted by Gasteiger charge is -2.41. The second kappa shape index (κ2) is 21.1. The van der Waals surface area contributed by atoms with Crippen LogP contribution in [0.1, 0.15) is 105 Å². The van der Waals surface area contributed by atoms with Crippen LogP contribution >= 0.6 is 0 Å². The van der Waals surface area contributed by atoms with Gasteiger partial charge in [0.2, 0.25) is 23.6 Å². The topological polar surface area (TPSA) is 158 Å². The fraction of sp³-hybridized carbons (Fsp3) is 0.738. The molecule has 3 N–H and O–H groups in total. The second-order valence-corrected chi connectivity index (χ2v) is 16.7. The lowest BCUT2D eigenvalue weighted by atomic mass is 9.89. The average Bonchev–Trinajstić information content (AvgIpc) is 3.62. The number of carboxylic acid groups (broad SMARTS) is 1. The van der Waals surface area contributed by atoms with Crippen molar-refractivity contribution in [2.75, 3.05) is 41.9 Å². The first-order valence-corrected chi connectivity index (χ1v) is 19.9. The third-order valence-electron chi connectivity index (χ3n) is 11.9. The number of carbonyl (C=O) groups is 5. The Labute approximate surface area is 330 Å². The molecule has 4 amide bonds. The van der Waals surface area contributed by atoms with Crippen LogP contribution in [0.5, 0.6) is 0 Å². The Morgan fingerprint density at radius 2 is 1.55 bits per heavy atom. The van der Waals surface area contributed by atoms with E-state index in [0.29, 0.717) is 31.7 Å². The Balaban J connectivity index is 2.27. The smallest absolute Gasteiger partial charge is 0.326 e. The van der Waals surface area contributed by atoms with Gasteiger partial charge in [-0.3, -0.25) is 24.1 Å². The number of hydrogen-bond acceptors (Lipinski definition) is 8. The number of carbonyl (C=O) groups excluding carboxylic acids is 4. The SMILES string of the molecule is CCC(C)[C@@H](C(CC(=O)N1CCC[C@H]1[C@H](OC)[C@@H](C)C(=O)N[C@@H](Cc1ccc(C(C)C)cc1)C(=O)O)OC)N(C)C(=O)[C@@H](NC(=O)C(C)(C)N(C)C)C(C)C. The molecule has 8 atom stereocenters. The fourth-order valence-electron chi connectivity index (χ4n) is 7.34. The third-order valence-corrected chi connectivity index (χ3v) is 11.9. The van der Waals surface area contributed by atoms with Gasteiger partial charge in [0, 0.05) is 34.2 Å². The number of rotatable bonds is 21. The normalized spacial score (nSPS) is 18.7. The van der Waals surface area contributed by atoms with Crippen molar-refractivity contribution in [1.82, 2.24) is 25.3 Å². The molecule has 1 aromatic carbocycles. The molecule has 1 aliphatic heterocycles. The van der Waals surface area contributed by atoms with Gasteiger partial charge in [0.15, 0.2) is 0 Å². The van der Waals surface area contributed by atoms with Crippen LogP contribution < -0.4 is 10.6 Å². The Morgan fingerprint density at radius 3 is 2.02 bits per heavy atom. The van der Waals surface area contributed by atoms with Gasteiger partial charge in [0.05, 0.1) is 42.2 Å². The van der Waals surface area contributed by atoms with E-state index >= 15 is 0 Å². The Kier molecular flexibility index (Phi) is 18.3. The third kappa shape index (κ3) is 12.2. The van der Waals surface area contributed by atoms with Crippen LogP contribution in [0.25, 0.3) is 0 Å². The molecular weight excluding hydrogens is 702 g/mol. The van der Waals surface area contributed by atoms with Gasteiger partial charge in [-0.05, 0) is 69.7 Å². The molecule has 0 aliphatic carbocycles. The van der Waals surface area contributed by atoms with Crippen molar-refractivity contribution in [3.05, 3.63) is 35.4 Å². The van der Waals surface area contributed by atoms with Gasteiger partial charge in [-0.2, -0.15) is 0 Å². The molecule has 1 fully saturated rings. The van der Waals surface area contributed by atoms with E-state index in [1.807, 2.05) is 66.1 Å². The molecule has 0 spiro atoms. The van der Waals surface area contributed by atoms with E-state index in [4.69, 9.17) is 9.47 Å². The van der Waals surface area contributed by atoms with Gasteiger partial charge in [0.25, 0.3) is 0 Å². The number of nitrogens with zero attached hydrogens (tertiary/aromatic N) is 3. The number of carboxylic acids is 1. The standard InChI is InChI=1S/C42H71N5O8/c1-15-27(6)36(46(12)39(50)35(26(4)5)44-41(53)42(8,9)45(10)11)33(54-13)24-34(48)47-22-16-17-32(47)37(55-14)28(7)38(49)43-31(40(51)52)23-29-18-20-30(21-19-29)25(2)3/h18-21,25-28,31-33,35-37H,15-17,22-24H2,1-14H3,(H,43,49)(H,44,53)(H,51,52)/t27?,28-,31+,32+,33?,35+,36+,37-/m1/s1. The minimum absolute atomic E-state index is 0.0142. The van der Waals surface area contributed by atoms with Crippen LogP contribution in [-0.4, -0.2) is 133 Å². The Bertz CT molecular complexity index is 1430. The highest BCUT2D eigenvalue weighted by Crippen LogP contribution is 2.30. The monoisotopic (exact) mass is 774 g/mol. The minimum Gasteiger partial charge on any atom is -0.480 e. The number of methoxy groups -OCH3 is 2. The zero-order valence-electron chi connectivity index (χ0n) is 36.0. The van der Waals surface area contributed by atoms with Gasteiger partial charge >= 0.3 is 5.97 Å². The summed E-state index contributed by atoms with van der Waals surface area (Å²) < 4.78 is 11.9. The van der Waals surface area contributed by atoms with Crippen LogP contribution in [0.4, 0.5) is 0 Å². The summed E-state index contributed by atoms with van der Waals surface area (Å²) in [5.41, 5.74) is 1.10. The van der Waals surface area contributed by atoms with Gasteiger partial charge in [0.1, 0.15) is 12.1 Å². The quantitative estimate of drug-likeness (QED) is 0.166. The maximum atomic E-state index is 14.2. The Hall–Kier alpha value is -3.55. The maximum Gasteiger partial charge on any atom is 0.326 e. The molecule has 0 radical (unpaired) electrons. The first-order valence-electron chi connectivity index (χ1n) is 19.9. The molecule has 0 aromatic heterocycles. The first-order chi connectivity index (χ1) is 25.6. The van der Waals surface area contributed by atoms with Crippen LogP contribution in [-0.2, 0) is 39.9 Å². The molecule has 1 heterocycles. The van der Waals surface area contributed by atoms with Crippen LogP contribution in [0, 0.1) is 17.8 Å². The molecule has 0 bridgehead atoms. The highest BCUT2D eigenvalue weighted by atomic mass is 16.5. The number of hydrogen-bond donors (Lipinski definition) is 3. The van der Waals surface area contributed by atoms with E-state index in [-0.39, 0.29) is 42.4 Å². The maximum absolute atomic E-state index is 14.2. The minimum atomic E-state index is -1.14. The summed E-state index contributed by atoms with van der Waals surface area (Å²) in [4.78, 5) is 72.7. The number of aliphatic carboxylic acids is 1. The summed E-state index contributed by atoms with van der Waals surface area (Å²) in [7, 11) is 8.38. The fourth-order valence-corrected chi connectivity index (χ4v) is 7.34.